The molecular weight excluding hydrogens is 156 g/mol. The maximum absolute atomic E-state index is 10.4. The minimum atomic E-state index is -0.290. The lowest BCUT2D eigenvalue weighted by molar-refractivity contribution is -0.111. The van der Waals surface area contributed by atoms with Crippen LogP contribution in [0.15, 0.2) is 12.7 Å². The lowest BCUT2D eigenvalue weighted by Crippen LogP contribution is -2.05. The van der Waals surface area contributed by atoms with E-state index in [4.69, 9.17) is 11.6 Å². The van der Waals surface area contributed by atoms with Crippen molar-refractivity contribution >= 4 is 28.6 Å². The Kier molecular flexibility index (Phi) is 4.91. The van der Waals surface area contributed by atoms with Gasteiger partial charge in [-0.15, -0.1) is 18.3 Å². The number of rotatable bonds is 4. The molecule has 0 heterocycles. The Balaban J connectivity index is 3.37. The van der Waals surface area contributed by atoms with Gasteiger partial charge in [0.2, 0.25) is 5.24 Å². The van der Waals surface area contributed by atoms with Crippen LogP contribution in [-0.2, 0) is 4.79 Å². The van der Waals surface area contributed by atoms with Crippen LogP contribution in [0.2, 0.25) is 0 Å². The van der Waals surface area contributed by atoms with Crippen molar-refractivity contribution in [2.45, 2.75) is 12.2 Å². The maximum atomic E-state index is 10.4. The Morgan fingerprint density at radius 2 is 2.56 bits per heavy atom. The zero-order chi connectivity index (χ0) is 7.28. The molecule has 1 unspecified atom stereocenters. The van der Waals surface area contributed by atoms with Crippen molar-refractivity contribution < 1.29 is 4.79 Å². The summed E-state index contributed by atoms with van der Waals surface area (Å²) in [7, 11) is 0. The SMILES string of the molecule is C=CCSC(C)C(=O)Cl. The summed E-state index contributed by atoms with van der Waals surface area (Å²) >= 11 is 6.65. The van der Waals surface area contributed by atoms with E-state index in [0.29, 0.717) is 0 Å². The van der Waals surface area contributed by atoms with Crippen LogP contribution in [0.25, 0.3) is 0 Å². The molecule has 52 valence electrons. The lowest BCUT2D eigenvalue weighted by Gasteiger charge is -2.00. The van der Waals surface area contributed by atoms with Gasteiger partial charge in [0, 0.05) is 5.75 Å². The van der Waals surface area contributed by atoms with Gasteiger partial charge in [-0.1, -0.05) is 6.08 Å². The van der Waals surface area contributed by atoms with Crippen LogP contribution in [0.5, 0.6) is 0 Å². The second-order valence-corrected chi connectivity index (χ2v) is 3.31. The van der Waals surface area contributed by atoms with E-state index >= 15 is 0 Å². The summed E-state index contributed by atoms with van der Waals surface area (Å²) in [6.45, 7) is 5.30. The van der Waals surface area contributed by atoms with Gasteiger partial charge in [0.25, 0.3) is 0 Å². The Morgan fingerprint density at radius 1 is 2.00 bits per heavy atom. The van der Waals surface area contributed by atoms with Gasteiger partial charge in [-0.3, -0.25) is 4.79 Å². The molecule has 0 saturated carbocycles. The van der Waals surface area contributed by atoms with Gasteiger partial charge in [-0.2, -0.15) is 0 Å². The zero-order valence-electron chi connectivity index (χ0n) is 5.26. The predicted octanol–water partition coefficient (Wildman–Crippen LogP) is 2.06. The maximum Gasteiger partial charge on any atom is 0.234 e. The van der Waals surface area contributed by atoms with Crippen molar-refractivity contribution in [1.29, 1.82) is 0 Å². The van der Waals surface area contributed by atoms with Gasteiger partial charge in [-0.05, 0) is 18.5 Å². The van der Waals surface area contributed by atoms with Crippen LogP contribution in [0.1, 0.15) is 6.92 Å². The van der Waals surface area contributed by atoms with Crippen LogP contribution in [-0.4, -0.2) is 16.2 Å². The molecule has 0 N–H and O–H groups in total. The van der Waals surface area contributed by atoms with Gasteiger partial charge in [0.05, 0.1) is 5.25 Å². The van der Waals surface area contributed by atoms with Gasteiger partial charge in [0.15, 0.2) is 0 Å². The third-order valence-electron chi connectivity index (χ3n) is 0.784. The van der Waals surface area contributed by atoms with Crippen LogP contribution >= 0.6 is 23.4 Å². The molecule has 1 nitrogen and oxygen atoms in total. The largest absolute Gasteiger partial charge is 0.280 e. The van der Waals surface area contributed by atoms with E-state index < -0.39 is 0 Å². The van der Waals surface area contributed by atoms with E-state index in [-0.39, 0.29) is 10.5 Å². The highest BCUT2D eigenvalue weighted by Crippen LogP contribution is 2.12. The summed E-state index contributed by atoms with van der Waals surface area (Å²) in [6.07, 6.45) is 1.75. The first kappa shape index (κ1) is 9.05. The van der Waals surface area contributed by atoms with Crippen LogP contribution in [0, 0.1) is 0 Å². The predicted molar refractivity (Wildman–Crippen MR) is 43.0 cm³/mol. The Morgan fingerprint density at radius 3 is 2.89 bits per heavy atom. The van der Waals surface area contributed by atoms with Gasteiger partial charge < -0.3 is 0 Å². The normalized spacial score (nSPS) is 12.7. The van der Waals surface area contributed by atoms with Gasteiger partial charge in [-0.25, -0.2) is 0 Å². The molecule has 0 radical (unpaired) electrons. The highest BCUT2D eigenvalue weighted by atomic mass is 35.5. The average molecular weight is 165 g/mol. The van der Waals surface area contributed by atoms with E-state index in [9.17, 15) is 4.79 Å². The van der Waals surface area contributed by atoms with E-state index in [1.165, 1.54) is 11.8 Å². The molecule has 9 heavy (non-hydrogen) atoms. The third kappa shape index (κ3) is 4.55. The summed E-state index contributed by atoms with van der Waals surface area (Å²) in [6, 6.07) is 0. The topological polar surface area (TPSA) is 17.1 Å². The van der Waals surface area contributed by atoms with Crippen LogP contribution in [0.4, 0.5) is 0 Å². The summed E-state index contributed by atoms with van der Waals surface area (Å²) < 4.78 is 0. The van der Waals surface area contributed by atoms with E-state index in [2.05, 4.69) is 6.58 Å². The molecule has 0 bridgehead atoms. The Hall–Kier alpha value is 0.0500. The second kappa shape index (κ2) is 4.89. The number of halogens is 1. The minimum Gasteiger partial charge on any atom is -0.280 e. The Labute approximate surface area is 64.5 Å². The highest BCUT2D eigenvalue weighted by molar-refractivity contribution is 8.00. The summed E-state index contributed by atoms with van der Waals surface area (Å²) in [5.74, 6) is 0.777. The molecule has 0 rings (SSSR count). The number of hydrogen-bond acceptors (Lipinski definition) is 2. The van der Waals surface area contributed by atoms with Crippen molar-refractivity contribution in [3.8, 4) is 0 Å². The molecule has 1 atom stereocenters. The fourth-order valence-corrected chi connectivity index (χ4v) is 1.02. The molecule has 0 aromatic rings. The number of carbonyl (C=O) groups excluding carboxylic acids is 1. The molecule has 0 fully saturated rings. The van der Waals surface area contributed by atoms with Crippen molar-refractivity contribution in [3.63, 3.8) is 0 Å². The molecule has 0 aliphatic heterocycles. The molecule has 0 amide bonds. The molecule has 0 spiro atoms. The van der Waals surface area contributed by atoms with Crippen molar-refractivity contribution in [3.05, 3.63) is 12.7 Å². The van der Waals surface area contributed by atoms with Crippen molar-refractivity contribution in [2.24, 2.45) is 0 Å². The molecule has 0 saturated heterocycles. The first-order valence-electron chi connectivity index (χ1n) is 2.60. The smallest absolute Gasteiger partial charge is 0.234 e. The molecule has 0 aliphatic rings. The first-order chi connectivity index (χ1) is 4.18. The number of hydrogen-bond donors (Lipinski definition) is 0. The number of carbonyl (C=O) groups is 1. The lowest BCUT2D eigenvalue weighted by atomic mass is 10.5. The Bertz CT molecular complexity index is 114. The van der Waals surface area contributed by atoms with Crippen LogP contribution < -0.4 is 0 Å². The third-order valence-corrected chi connectivity index (χ3v) is 2.38. The van der Waals surface area contributed by atoms with Crippen molar-refractivity contribution in [2.75, 3.05) is 5.75 Å². The van der Waals surface area contributed by atoms with E-state index in [1.54, 1.807) is 13.0 Å². The summed E-state index contributed by atoms with van der Waals surface area (Å²) in [5.41, 5.74) is 0. The standard InChI is InChI=1S/C6H9ClOS/c1-3-4-9-5(2)6(7)8/h3,5H,1,4H2,2H3. The fourth-order valence-electron chi connectivity index (χ4n) is 0.278. The van der Waals surface area contributed by atoms with Gasteiger partial charge in [0.1, 0.15) is 0 Å². The number of thioether (sulfide) groups is 1. The van der Waals surface area contributed by atoms with E-state index in [0.717, 1.165) is 5.75 Å². The highest BCUT2D eigenvalue weighted by Gasteiger charge is 2.07. The molecule has 3 heteroatoms. The second-order valence-electron chi connectivity index (χ2n) is 1.57. The van der Waals surface area contributed by atoms with Gasteiger partial charge >= 0.3 is 0 Å². The first-order valence-corrected chi connectivity index (χ1v) is 4.03. The minimum absolute atomic E-state index is 0.107. The van der Waals surface area contributed by atoms with Crippen molar-refractivity contribution in [1.82, 2.24) is 0 Å². The summed E-state index contributed by atoms with van der Waals surface area (Å²) in [5, 5.41) is -0.397. The molecule has 0 aromatic heterocycles. The monoisotopic (exact) mass is 164 g/mol. The van der Waals surface area contributed by atoms with Crippen LogP contribution in [0.3, 0.4) is 0 Å². The van der Waals surface area contributed by atoms with E-state index in [1.807, 2.05) is 0 Å². The summed E-state index contributed by atoms with van der Waals surface area (Å²) in [4.78, 5) is 10.4. The zero-order valence-corrected chi connectivity index (χ0v) is 6.84. The fraction of sp³-hybridized carbons (Fsp3) is 0.500. The molecular formula is C6H9ClOS. The average Bonchev–Trinajstić information content (AvgIpc) is 1.82. The molecule has 0 aromatic carbocycles. The molecule has 0 aliphatic carbocycles. The quantitative estimate of drug-likeness (QED) is 0.468.